The summed E-state index contributed by atoms with van der Waals surface area (Å²) < 4.78 is 11.2. The summed E-state index contributed by atoms with van der Waals surface area (Å²) in [5, 5.41) is 17.8. The molecule has 2 aliphatic rings. The van der Waals surface area contributed by atoms with E-state index in [2.05, 4.69) is 61.8 Å². The summed E-state index contributed by atoms with van der Waals surface area (Å²) in [6.07, 6.45) is 1.07. The van der Waals surface area contributed by atoms with E-state index in [0.717, 1.165) is 60.4 Å². The fourth-order valence-corrected chi connectivity index (χ4v) is 7.24. The fourth-order valence-electron chi connectivity index (χ4n) is 4.86. The van der Waals surface area contributed by atoms with Crippen molar-refractivity contribution in [1.82, 2.24) is 20.9 Å². The SMILES string of the molecule is [CH2]C(O)COc1cccc(-c2nc(NC3CCOCC3)c(C)c(C3=NNNC3(C)C[Si](C)(C)C)n2)c1. The number of aromatic nitrogens is 2. The van der Waals surface area contributed by atoms with Crippen LogP contribution in [0.5, 0.6) is 5.75 Å². The Morgan fingerprint density at radius 3 is 2.72 bits per heavy atom. The van der Waals surface area contributed by atoms with Gasteiger partial charge in [-0.3, -0.25) is 0 Å². The smallest absolute Gasteiger partial charge is 0.162 e. The molecule has 0 spiro atoms. The highest BCUT2D eigenvalue weighted by molar-refractivity contribution is 6.76. The molecule has 2 aromatic rings. The first-order valence-corrected chi connectivity index (χ1v) is 16.3. The van der Waals surface area contributed by atoms with Gasteiger partial charge in [0.1, 0.15) is 23.9 Å². The molecule has 1 fully saturated rings. The van der Waals surface area contributed by atoms with Crippen molar-refractivity contribution in [2.24, 2.45) is 5.10 Å². The molecule has 0 amide bonds. The molecular formula is C26H39N6O3Si. The summed E-state index contributed by atoms with van der Waals surface area (Å²) in [5.41, 5.74) is 9.60. The molecule has 10 heteroatoms. The molecule has 1 aromatic heterocycles. The molecule has 2 unspecified atom stereocenters. The van der Waals surface area contributed by atoms with Crippen LogP contribution >= 0.6 is 0 Å². The molecule has 0 aliphatic carbocycles. The number of anilines is 1. The number of hydrazone groups is 1. The first-order chi connectivity index (χ1) is 17.0. The Morgan fingerprint density at radius 1 is 1.28 bits per heavy atom. The van der Waals surface area contributed by atoms with Crippen molar-refractivity contribution >= 4 is 19.6 Å². The van der Waals surface area contributed by atoms with Gasteiger partial charge in [0.05, 0.1) is 17.3 Å². The van der Waals surface area contributed by atoms with E-state index >= 15 is 0 Å². The maximum atomic E-state index is 9.51. The third-order valence-corrected chi connectivity index (χ3v) is 8.14. The zero-order valence-corrected chi connectivity index (χ0v) is 23.0. The molecule has 3 heterocycles. The number of hydrogen-bond acceptors (Lipinski definition) is 9. The van der Waals surface area contributed by atoms with Crippen LogP contribution in [0, 0.1) is 13.8 Å². The Hall–Kier alpha value is -2.53. The highest BCUT2D eigenvalue weighted by atomic mass is 28.3. The molecule has 0 saturated carbocycles. The lowest BCUT2D eigenvalue weighted by atomic mass is 9.94. The van der Waals surface area contributed by atoms with Crippen LogP contribution in [0.1, 0.15) is 31.0 Å². The highest BCUT2D eigenvalue weighted by Gasteiger charge is 2.41. The topological polar surface area (TPSA) is 113 Å². The quantitative estimate of drug-likeness (QED) is 0.378. The predicted octanol–water partition coefficient (Wildman–Crippen LogP) is 3.53. The van der Waals surface area contributed by atoms with Crippen LogP contribution < -0.4 is 21.0 Å². The van der Waals surface area contributed by atoms with Gasteiger partial charge in [0, 0.05) is 38.5 Å². The number of hydrazine groups is 1. The molecule has 9 nitrogen and oxygen atoms in total. The van der Waals surface area contributed by atoms with Crippen LogP contribution in [-0.4, -0.2) is 66.4 Å². The minimum atomic E-state index is -1.44. The van der Waals surface area contributed by atoms with E-state index in [0.29, 0.717) is 11.6 Å². The third kappa shape index (κ3) is 6.42. The fraction of sp³-hybridized carbons (Fsp3) is 0.538. The number of aliphatic hydroxyl groups excluding tert-OH is 1. The van der Waals surface area contributed by atoms with E-state index in [1.807, 2.05) is 24.3 Å². The molecule has 1 aromatic carbocycles. The van der Waals surface area contributed by atoms with Crippen LogP contribution in [0.4, 0.5) is 5.82 Å². The zero-order chi connectivity index (χ0) is 25.9. The van der Waals surface area contributed by atoms with E-state index in [-0.39, 0.29) is 18.2 Å². The van der Waals surface area contributed by atoms with Gasteiger partial charge in [-0.15, -0.1) is 0 Å². The Balaban J connectivity index is 1.76. The summed E-state index contributed by atoms with van der Waals surface area (Å²) in [6, 6.07) is 8.90. The second kappa shape index (κ2) is 10.8. The van der Waals surface area contributed by atoms with Crippen molar-refractivity contribution in [2.75, 3.05) is 25.1 Å². The molecule has 2 atom stereocenters. The summed E-state index contributed by atoms with van der Waals surface area (Å²) >= 11 is 0. The van der Waals surface area contributed by atoms with Crippen LogP contribution in [0.3, 0.4) is 0 Å². The number of aliphatic hydroxyl groups is 1. The standard InChI is InChI=1S/C26H39N6O3Si/c1-17(33)15-35-21-9-7-8-19(14-21)25-28-22(23-26(3,31-32-30-23)16-36(4,5)6)18(2)24(29-25)27-20-10-12-34-13-11-20/h7-9,14,17,20,31-33H,1,10-13,15-16H2,2-6H3,(H,27,28,29). The van der Waals surface area contributed by atoms with Crippen LogP contribution in [0.2, 0.25) is 25.7 Å². The lowest BCUT2D eigenvalue weighted by Gasteiger charge is -2.32. The van der Waals surface area contributed by atoms with Crippen molar-refractivity contribution in [1.29, 1.82) is 0 Å². The minimum absolute atomic E-state index is 0.114. The van der Waals surface area contributed by atoms with E-state index < -0.39 is 14.2 Å². The van der Waals surface area contributed by atoms with Gasteiger partial charge in [0.25, 0.3) is 0 Å². The van der Waals surface area contributed by atoms with Gasteiger partial charge in [0.2, 0.25) is 0 Å². The number of rotatable bonds is 9. The van der Waals surface area contributed by atoms with Gasteiger partial charge in [-0.2, -0.15) is 5.10 Å². The van der Waals surface area contributed by atoms with Gasteiger partial charge < -0.3 is 19.9 Å². The number of nitrogens with one attached hydrogen (secondary N) is 3. The van der Waals surface area contributed by atoms with E-state index in [4.69, 9.17) is 19.4 Å². The van der Waals surface area contributed by atoms with E-state index in [9.17, 15) is 5.11 Å². The summed E-state index contributed by atoms with van der Waals surface area (Å²) in [4.78, 5) is 10.0. The Bertz CT molecular complexity index is 1100. The van der Waals surface area contributed by atoms with Crippen LogP contribution in [0.25, 0.3) is 11.4 Å². The highest BCUT2D eigenvalue weighted by Crippen LogP contribution is 2.32. The molecule has 0 bridgehead atoms. The molecule has 4 rings (SSSR count). The van der Waals surface area contributed by atoms with Gasteiger partial charge in [-0.1, -0.05) is 31.8 Å². The molecule has 1 radical (unpaired) electrons. The molecule has 2 aliphatic heterocycles. The lowest BCUT2D eigenvalue weighted by Crippen LogP contribution is -2.52. The predicted molar refractivity (Wildman–Crippen MR) is 146 cm³/mol. The third-order valence-electron chi connectivity index (χ3n) is 6.37. The summed E-state index contributed by atoms with van der Waals surface area (Å²) in [6.45, 7) is 16.5. The van der Waals surface area contributed by atoms with Crippen LogP contribution in [0.15, 0.2) is 29.4 Å². The first-order valence-electron chi connectivity index (χ1n) is 12.6. The van der Waals surface area contributed by atoms with E-state index in [1.165, 1.54) is 0 Å². The minimum Gasteiger partial charge on any atom is -0.491 e. The largest absolute Gasteiger partial charge is 0.491 e. The molecule has 36 heavy (non-hydrogen) atoms. The normalized spacial score (nSPS) is 21.6. The second-order valence-electron chi connectivity index (χ2n) is 11.2. The van der Waals surface area contributed by atoms with Crippen molar-refractivity contribution < 1.29 is 14.6 Å². The maximum absolute atomic E-state index is 9.51. The summed E-state index contributed by atoms with van der Waals surface area (Å²) in [5.74, 6) is 2.03. The zero-order valence-electron chi connectivity index (χ0n) is 22.0. The van der Waals surface area contributed by atoms with Gasteiger partial charge in [-0.25, -0.2) is 20.9 Å². The summed E-state index contributed by atoms with van der Waals surface area (Å²) in [7, 11) is -1.44. The number of benzene rings is 1. The monoisotopic (exact) mass is 511 g/mol. The van der Waals surface area contributed by atoms with Crippen molar-refractivity contribution in [3.63, 3.8) is 0 Å². The number of hydrogen-bond donors (Lipinski definition) is 4. The van der Waals surface area contributed by atoms with Gasteiger partial charge >= 0.3 is 0 Å². The number of nitrogens with zero attached hydrogens (tertiary/aromatic N) is 3. The number of ether oxygens (including phenoxy) is 2. The Kier molecular flexibility index (Phi) is 7.99. The van der Waals surface area contributed by atoms with Crippen molar-refractivity contribution in [3.05, 3.63) is 42.4 Å². The molecule has 1 saturated heterocycles. The Labute approximate surface area is 215 Å². The second-order valence-corrected chi connectivity index (χ2v) is 16.6. The average molecular weight is 512 g/mol. The average Bonchev–Trinajstić information content (AvgIpc) is 3.18. The lowest BCUT2D eigenvalue weighted by molar-refractivity contribution is 0.0903. The van der Waals surface area contributed by atoms with Crippen molar-refractivity contribution in [2.45, 2.75) is 70.1 Å². The van der Waals surface area contributed by atoms with Crippen LogP contribution in [-0.2, 0) is 4.74 Å². The molecular weight excluding hydrogens is 472 g/mol. The maximum Gasteiger partial charge on any atom is 0.162 e. The van der Waals surface area contributed by atoms with Gasteiger partial charge in [0.15, 0.2) is 5.82 Å². The van der Waals surface area contributed by atoms with E-state index in [1.54, 1.807) is 0 Å². The van der Waals surface area contributed by atoms with Crippen molar-refractivity contribution in [3.8, 4) is 17.1 Å². The first kappa shape index (κ1) is 26.5. The molecule has 4 N–H and O–H groups in total. The Morgan fingerprint density at radius 2 is 2.03 bits per heavy atom. The van der Waals surface area contributed by atoms with Gasteiger partial charge in [-0.05, 0) is 51.8 Å². The molecule has 195 valence electrons.